The molecule has 0 aliphatic carbocycles. The minimum Gasteiger partial charge on any atom is -0.119 e. The van der Waals surface area contributed by atoms with E-state index in [4.69, 9.17) is 6.42 Å². The molecule has 0 aliphatic heterocycles. The summed E-state index contributed by atoms with van der Waals surface area (Å²) in [7, 11) is 0. The predicted octanol–water partition coefficient (Wildman–Crippen LogP) is 3.21. The van der Waals surface area contributed by atoms with E-state index in [9.17, 15) is 0 Å². The maximum Gasteiger partial charge on any atom is 0.0504 e. The van der Waals surface area contributed by atoms with Gasteiger partial charge in [0, 0.05) is 0 Å². The van der Waals surface area contributed by atoms with Crippen LogP contribution in [0.3, 0.4) is 0 Å². The lowest BCUT2D eigenvalue weighted by Gasteiger charge is -2.19. The van der Waals surface area contributed by atoms with Crippen LogP contribution in [0.4, 0.5) is 0 Å². The van der Waals surface area contributed by atoms with Gasteiger partial charge in [-0.15, -0.1) is 6.42 Å². The number of terminal acetylenes is 1. The molecule has 0 fully saturated rings. The third-order valence-electron chi connectivity index (χ3n) is 2.59. The van der Waals surface area contributed by atoms with Crippen molar-refractivity contribution < 1.29 is 0 Å². The molecule has 1 aromatic rings. The van der Waals surface area contributed by atoms with Gasteiger partial charge in [0.15, 0.2) is 0 Å². The first-order chi connectivity index (χ1) is 5.97. The first-order valence-corrected chi connectivity index (χ1v) is 4.53. The van der Waals surface area contributed by atoms with E-state index in [1.807, 2.05) is 0 Å². The smallest absolute Gasteiger partial charge is 0.0504 e. The Kier molecular flexibility index (Phi) is 2.48. The van der Waals surface area contributed by atoms with Gasteiger partial charge in [-0.1, -0.05) is 24.1 Å². The van der Waals surface area contributed by atoms with E-state index in [0.29, 0.717) is 0 Å². The molecular formula is C13H16. The summed E-state index contributed by atoms with van der Waals surface area (Å²) in [5.74, 6) is 2.80. The average molecular weight is 172 g/mol. The summed E-state index contributed by atoms with van der Waals surface area (Å²) >= 11 is 0. The van der Waals surface area contributed by atoms with Crippen LogP contribution in [0.5, 0.6) is 0 Å². The van der Waals surface area contributed by atoms with Crippen LogP contribution < -0.4 is 0 Å². The second kappa shape index (κ2) is 3.26. The van der Waals surface area contributed by atoms with Gasteiger partial charge in [0.2, 0.25) is 0 Å². The van der Waals surface area contributed by atoms with Gasteiger partial charge < -0.3 is 0 Å². The highest BCUT2D eigenvalue weighted by molar-refractivity contribution is 5.38. The van der Waals surface area contributed by atoms with Crippen LogP contribution in [0.1, 0.15) is 30.5 Å². The van der Waals surface area contributed by atoms with Crippen molar-refractivity contribution in [3.05, 3.63) is 34.9 Å². The molecule has 0 nitrogen and oxygen atoms in total. The zero-order chi connectivity index (χ0) is 10.1. The fraction of sp³-hybridized carbons (Fsp3) is 0.385. The quantitative estimate of drug-likeness (QED) is 0.571. The van der Waals surface area contributed by atoms with Crippen molar-refractivity contribution in [2.75, 3.05) is 0 Å². The van der Waals surface area contributed by atoms with Gasteiger partial charge in [-0.05, 0) is 44.4 Å². The lowest BCUT2D eigenvalue weighted by atomic mass is 9.84. The maximum absolute atomic E-state index is 5.48. The van der Waals surface area contributed by atoms with Crippen LogP contribution >= 0.6 is 0 Å². The molecule has 0 heteroatoms. The third kappa shape index (κ3) is 1.92. The number of aryl methyl sites for hydroxylation is 2. The van der Waals surface area contributed by atoms with Gasteiger partial charge in [-0.25, -0.2) is 0 Å². The number of benzene rings is 1. The zero-order valence-corrected chi connectivity index (χ0v) is 8.81. The molecular weight excluding hydrogens is 156 g/mol. The lowest BCUT2D eigenvalue weighted by molar-refractivity contribution is 0.698. The first-order valence-electron chi connectivity index (χ1n) is 4.53. The summed E-state index contributed by atoms with van der Waals surface area (Å²) < 4.78 is 0. The van der Waals surface area contributed by atoms with E-state index < -0.39 is 0 Å². The van der Waals surface area contributed by atoms with Gasteiger partial charge in [0.1, 0.15) is 0 Å². The summed E-state index contributed by atoms with van der Waals surface area (Å²) in [4.78, 5) is 0. The van der Waals surface area contributed by atoms with E-state index in [2.05, 4.69) is 51.8 Å². The van der Waals surface area contributed by atoms with Crippen molar-refractivity contribution in [3.8, 4) is 12.3 Å². The van der Waals surface area contributed by atoms with Crippen LogP contribution in [-0.4, -0.2) is 0 Å². The Labute approximate surface area is 81.0 Å². The fourth-order valence-electron chi connectivity index (χ4n) is 1.21. The van der Waals surface area contributed by atoms with Crippen molar-refractivity contribution in [3.63, 3.8) is 0 Å². The summed E-state index contributed by atoms with van der Waals surface area (Å²) in [6.45, 7) is 8.36. The lowest BCUT2D eigenvalue weighted by Crippen LogP contribution is -2.13. The predicted molar refractivity (Wildman–Crippen MR) is 57.8 cm³/mol. The van der Waals surface area contributed by atoms with Gasteiger partial charge >= 0.3 is 0 Å². The third-order valence-corrected chi connectivity index (χ3v) is 2.59. The van der Waals surface area contributed by atoms with E-state index in [1.165, 1.54) is 16.7 Å². The monoisotopic (exact) mass is 172 g/mol. The van der Waals surface area contributed by atoms with Crippen molar-refractivity contribution in [1.82, 2.24) is 0 Å². The van der Waals surface area contributed by atoms with Gasteiger partial charge in [0.25, 0.3) is 0 Å². The van der Waals surface area contributed by atoms with Gasteiger partial charge in [-0.3, -0.25) is 0 Å². The Morgan fingerprint density at radius 1 is 1.15 bits per heavy atom. The molecule has 0 saturated carbocycles. The molecule has 68 valence electrons. The van der Waals surface area contributed by atoms with Crippen molar-refractivity contribution >= 4 is 0 Å². The zero-order valence-electron chi connectivity index (χ0n) is 8.81. The maximum atomic E-state index is 5.48. The van der Waals surface area contributed by atoms with Crippen LogP contribution in [-0.2, 0) is 5.41 Å². The molecule has 0 heterocycles. The van der Waals surface area contributed by atoms with Crippen LogP contribution in [0, 0.1) is 26.2 Å². The Balaban J connectivity index is 3.20. The Bertz CT molecular complexity index is 351. The Morgan fingerprint density at radius 3 is 2.23 bits per heavy atom. The molecule has 1 rings (SSSR count). The summed E-state index contributed by atoms with van der Waals surface area (Å²) in [6.07, 6.45) is 5.48. The molecule has 0 amide bonds. The number of hydrogen-bond acceptors (Lipinski definition) is 0. The fourth-order valence-corrected chi connectivity index (χ4v) is 1.21. The van der Waals surface area contributed by atoms with Crippen molar-refractivity contribution in [1.29, 1.82) is 0 Å². The topological polar surface area (TPSA) is 0 Å². The highest BCUT2D eigenvalue weighted by Gasteiger charge is 2.16. The molecule has 0 bridgehead atoms. The SMILES string of the molecule is C#CC(C)(C)c1ccc(C)c(C)c1. The second-order valence-electron chi connectivity index (χ2n) is 4.07. The van der Waals surface area contributed by atoms with Crippen LogP contribution in [0.15, 0.2) is 18.2 Å². The normalized spacial score (nSPS) is 11.0. The molecule has 0 radical (unpaired) electrons. The molecule has 0 spiro atoms. The molecule has 1 aromatic carbocycles. The average Bonchev–Trinajstić information content (AvgIpc) is 2.09. The van der Waals surface area contributed by atoms with Gasteiger partial charge in [0.05, 0.1) is 5.41 Å². The minimum absolute atomic E-state index is 0.154. The van der Waals surface area contributed by atoms with Crippen molar-refractivity contribution in [2.24, 2.45) is 0 Å². The summed E-state index contributed by atoms with van der Waals surface area (Å²) in [5, 5.41) is 0. The minimum atomic E-state index is -0.154. The molecule has 0 aromatic heterocycles. The van der Waals surface area contributed by atoms with Crippen LogP contribution in [0.25, 0.3) is 0 Å². The molecule has 0 atom stereocenters. The Hall–Kier alpha value is -1.22. The van der Waals surface area contributed by atoms with Gasteiger partial charge in [-0.2, -0.15) is 0 Å². The second-order valence-corrected chi connectivity index (χ2v) is 4.07. The molecule has 0 unspecified atom stereocenters. The highest BCUT2D eigenvalue weighted by Crippen LogP contribution is 2.23. The van der Waals surface area contributed by atoms with E-state index in [1.54, 1.807) is 0 Å². The number of rotatable bonds is 1. The molecule has 0 saturated heterocycles. The standard InChI is InChI=1S/C13H16/c1-6-13(4,5)12-8-7-10(2)11(3)9-12/h1,7-9H,2-5H3. The Morgan fingerprint density at radius 2 is 1.77 bits per heavy atom. The number of hydrogen-bond donors (Lipinski definition) is 0. The van der Waals surface area contributed by atoms with E-state index in [0.717, 1.165) is 0 Å². The first kappa shape index (κ1) is 9.86. The molecule has 0 aliphatic rings. The largest absolute Gasteiger partial charge is 0.119 e. The molecule has 0 N–H and O–H groups in total. The summed E-state index contributed by atoms with van der Waals surface area (Å²) in [5.41, 5.74) is 3.69. The highest BCUT2D eigenvalue weighted by atomic mass is 14.2. The molecule has 13 heavy (non-hydrogen) atoms. The van der Waals surface area contributed by atoms with E-state index in [-0.39, 0.29) is 5.41 Å². The van der Waals surface area contributed by atoms with E-state index >= 15 is 0 Å². The van der Waals surface area contributed by atoms with Crippen LogP contribution in [0.2, 0.25) is 0 Å². The van der Waals surface area contributed by atoms with Crippen molar-refractivity contribution in [2.45, 2.75) is 33.1 Å². The summed E-state index contributed by atoms with van der Waals surface area (Å²) in [6, 6.07) is 6.42.